The third kappa shape index (κ3) is 3.78. The van der Waals surface area contributed by atoms with Gasteiger partial charge in [-0.3, -0.25) is 0 Å². The van der Waals surface area contributed by atoms with Gasteiger partial charge in [-0.2, -0.15) is 0 Å². The molecule has 52 heavy (non-hydrogen) atoms. The molecular formula is C50H29NO. The first-order valence-corrected chi connectivity index (χ1v) is 17.9. The van der Waals surface area contributed by atoms with E-state index in [1.165, 1.54) is 98.4 Å². The molecule has 9 aromatic carbocycles. The highest BCUT2D eigenvalue weighted by Gasteiger charge is 2.20. The van der Waals surface area contributed by atoms with Gasteiger partial charge in [0.25, 0.3) is 0 Å². The number of fused-ring (bicyclic) bond motifs is 13. The van der Waals surface area contributed by atoms with Crippen LogP contribution in [0.2, 0.25) is 0 Å². The van der Waals surface area contributed by atoms with Crippen LogP contribution in [0.5, 0.6) is 0 Å². The molecule has 0 amide bonds. The van der Waals surface area contributed by atoms with Gasteiger partial charge in [0.05, 0.1) is 16.6 Å². The van der Waals surface area contributed by atoms with Crippen molar-refractivity contribution in [2.45, 2.75) is 0 Å². The molecule has 0 spiro atoms. The molecule has 12 aromatic rings. The molecule has 0 bridgehead atoms. The zero-order chi connectivity index (χ0) is 33.9. The minimum Gasteiger partial charge on any atom is -0.456 e. The van der Waals surface area contributed by atoms with Crippen molar-refractivity contribution in [2.24, 2.45) is 0 Å². The number of nitrogens with zero attached hydrogens (tertiary/aromatic N) is 1. The van der Waals surface area contributed by atoms with Gasteiger partial charge in [0.15, 0.2) is 0 Å². The average molecular weight is 660 g/mol. The smallest absolute Gasteiger partial charge is 0.136 e. The van der Waals surface area contributed by atoms with Crippen LogP contribution < -0.4 is 0 Å². The fourth-order valence-electron chi connectivity index (χ4n) is 8.99. The van der Waals surface area contributed by atoms with Gasteiger partial charge >= 0.3 is 0 Å². The number of para-hydroxylation sites is 2. The molecule has 3 aromatic heterocycles. The predicted molar refractivity (Wildman–Crippen MR) is 220 cm³/mol. The monoisotopic (exact) mass is 659 g/mol. The number of hydrogen-bond donors (Lipinski definition) is 0. The molecule has 0 N–H and O–H groups in total. The lowest BCUT2D eigenvalue weighted by molar-refractivity contribution is 0.669. The lowest BCUT2D eigenvalue weighted by atomic mass is 9.90. The standard InChI is InChI=1S/C50H29NO/c1-2-11-30(12-3-1)40-27-34-13-4-5-16-36(34)48-39(40)22-24-47-49(48)43-26-33(21-23-46(43)52-47)31-14-10-15-32(25-31)35-28-41-37-17-6-8-19-44(37)51-45-20-9-7-18-38(45)42(29-35)50(41)51/h1-29H. The van der Waals surface area contributed by atoms with Crippen molar-refractivity contribution in [3.63, 3.8) is 0 Å². The van der Waals surface area contributed by atoms with Crippen molar-refractivity contribution in [1.29, 1.82) is 0 Å². The fraction of sp³-hybridized carbons (Fsp3) is 0. The minimum absolute atomic E-state index is 0.903. The van der Waals surface area contributed by atoms with Crippen LogP contribution in [0.4, 0.5) is 0 Å². The Hall–Kier alpha value is -6.90. The minimum atomic E-state index is 0.903. The normalized spacial score (nSPS) is 12.2. The maximum atomic E-state index is 6.56. The third-order valence-electron chi connectivity index (χ3n) is 11.3. The molecule has 0 fully saturated rings. The van der Waals surface area contributed by atoms with Gasteiger partial charge in [0, 0.05) is 37.7 Å². The van der Waals surface area contributed by atoms with Crippen molar-refractivity contribution in [3.05, 3.63) is 176 Å². The van der Waals surface area contributed by atoms with Gasteiger partial charge in [-0.25, -0.2) is 0 Å². The van der Waals surface area contributed by atoms with Gasteiger partial charge in [-0.1, -0.05) is 115 Å². The number of aromatic nitrogens is 1. The summed E-state index contributed by atoms with van der Waals surface area (Å²) in [6.45, 7) is 0. The average Bonchev–Trinajstić information content (AvgIpc) is 3.87. The summed E-state index contributed by atoms with van der Waals surface area (Å²) in [5, 5.41) is 12.4. The Kier molecular flexibility index (Phi) is 5.53. The molecule has 240 valence electrons. The van der Waals surface area contributed by atoms with Crippen LogP contribution >= 0.6 is 0 Å². The molecule has 0 aliphatic carbocycles. The van der Waals surface area contributed by atoms with Gasteiger partial charge in [-0.15, -0.1) is 0 Å². The first-order chi connectivity index (χ1) is 25.8. The Morgan fingerprint density at radius 3 is 1.69 bits per heavy atom. The van der Waals surface area contributed by atoms with E-state index in [-0.39, 0.29) is 0 Å². The second-order valence-electron chi connectivity index (χ2n) is 14.1. The zero-order valence-corrected chi connectivity index (χ0v) is 28.1. The van der Waals surface area contributed by atoms with Crippen LogP contribution in [-0.4, -0.2) is 4.40 Å². The van der Waals surface area contributed by atoms with Crippen molar-refractivity contribution in [2.75, 3.05) is 0 Å². The maximum absolute atomic E-state index is 6.56. The van der Waals surface area contributed by atoms with Crippen molar-refractivity contribution in [3.8, 4) is 33.4 Å². The molecular weight excluding hydrogens is 631 g/mol. The van der Waals surface area contributed by atoms with Crippen LogP contribution in [-0.2, 0) is 0 Å². The molecule has 0 atom stereocenters. The summed E-state index contributed by atoms with van der Waals surface area (Å²) in [4.78, 5) is 0. The van der Waals surface area contributed by atoms with E-state index in [2.05, 4.69) is 180 Å². The van der Waals surface area contributed by atoms with E-state index in [9.17, 15) is 0 Å². The van der Waals surface area contributed by atoms with Crippen LogP contribution in [0.1, 0.15) is 0 Å². The summed E-state index contributed by atoms with van der Waals surface area (Å²) in [5.41, 5.74) is 12.9. The molecule has 0 radical (unpaired) electrons. The Balaban J connectivity index is 1.08. The summed E-state index contributed by atoms with van der Waals surface area (Å²) in [6.07, 6.45) is 0. The highest BCUT2D eigenvalue weighted by molar-refractivity contribution is 6.29. The molecule has 0 aliphatic heterocycles. The Morgan fingerprint density at radius 2 is 0.923 bits per heavy atom. The van der Waals surface area contributed by atoms with E-state index in [0.717, 1.165) is 16.6 Å². The van der Waals surface area contributed by atoms with E-state index in [1.807, 2.05) is 0 Å². The molecule has 0 saturated heterocycles. The number of furan rings is 1. The summed E-state index contributed by atoms with van der Waals surface area (Å²) in [6, 6.07) is 64.2. The first kappa shape index (κ1) is 27.9. The number of hydrogen-bond acceptors (Lipinski definition) is 1. The fourth-order valence-corrected chi connectivity index (χ4v) is 8.99. The van der Waals surface area contributed by atoms with Crippen LogP contribution in [0, 0.1) is 0 Å². The van der Waals surface area contributed by atoms with Gasteiger partial charge in [0.2, 0.25) is 0 Å². The lowest BCUT2D eigenvalue weighted by Crippen LogP contribution is -1.86. The second-order valence-corrected chi connectivity index (χ2v) is 14.1. The van der Waals surface area contributed by atoms with Crippen LogP contribution in [0.25, 0.3) is 115 Å². The first-order valence-electron chi connectivity index (χ1n) is 17.9. The number of rotatable bonds is 3. The largest absolute Gasteiger partial charge is 0.456 e. The van der Waals surface area contributed by atoms with Crippen molar-refractivity contribution >= 4 is 81.6 Å². The summed E-state index contributed by atoms with van der Waals surface area (Å²) in [7, 11) is 0. The molecule has 2 nitrogen and oxygen atoms in total. The van der Waals surface area contributed by atoms with Gasteiger partial charge in [-0.05, 0) is 110 Å². The molecule has 12 rings (SSSR count). The Labute approximate surface area is 298 Å². The van der Waals surface area contributed by atoms with E-state index in [4.69, 9.17) is 4.42 Å². The highest BCUT2D eigenvalue weighted by atomic mass is 16.3. The summed E-state index contributed by atoms with van der Waals surface area (Å²) in [5.74, 6) is 0. The second kappa shape index (κ2) is 10.3. The predicted octanol–water partition coefficient (Wildman–Crippen LogP) is 14.0. The summed E-state index contributed by atoms with van der Waals surface area (Å²) < 4.78 is 9.00. The van der Waals surface area contributed by atoms with Crippen molar-refractivity contribution < 1.29 is 4.42 Å². The van der Waals surface area contributed by atoms with E-state index < -0.39 is 0 Å². The van der Waals surface area contributed by atoms with Crippen LogP contribution in [0.3, 0.4) is 0 Å². The molecule has 0 aliphatic rings. The quantitative estimate of drug-likeness (QED) is 0.173. The van der Waals surface area contributed by atoms with E-state index in [1.54, 1.807) is 0 Å². The number of benzene rings is 9. The zero-order valence-electron chi connectivity index (χ0n) is 28.1. The van der Waals surface area contributed by atoms with Crippen molar-refractivity contribution in [1.82, 2.24) is 4.40 Å². The Morgan fingerprint density at radius 1 is 0.327 bits per heavy atom. The van der Waals surface area contributed by atoms with E-state index >= 15 is 0 Å². The molecule has 0 saturated carbocycles. The molecule has 0 unspecified atom stereocenters. The van der Waals surface area contributed by atoms with Crippen LogP contribution in [0.15, 0.2) is 180 Å². The molecule has 2 heteroatoms. The Bertz CT molecular complexity index is 3320. The highest BCUT2D eigenvalue weighted by Crippen LogP contribution is 2.45. The topological polar surface area (TPSA) is 17.6 Å². The van der Waals surface area contributed by atoms with E-state index in [0.29, 0.717) is 0 Å². The lowest BCUT2D eigenvalue weighted by Gasteiger charge is -2.12. The third-order valence-corrected chi connectivity index (χ3v) is 11.3. The van der Waals surface area contributed by atoms with Gasteiger partial charge < -0.3 is 8.82 Å². The van der Waals surface area contributed by atoms with Gasteiger partial charge in [0.1, 0.15) is 11.2 Å². The SMILES string of the molecule is c1ccc(-c2cc3ccccc3c3c2ccc2oc4ccc(-c5cccc(-c6cc7c8ccccc8n8c9ccccc9c(c6)c78)c5)cc4c23)cc1. The molecule has 3 heterocycles. The maximum Gasteiger partial charge on any atom is 0.136 e. The summed E-state index contributed by atoms with van der Waals surface area (Å²) >= 11 is 0.